The van der Waals surface area contributed by atoms with Crippen LogP contribution in [-0.4, -0.2) is 64.1 Å². The summed E-state index contributed by atoms with van der Waals surface area (Å²) < 4.78 is 0. The molecule has 0 saturated carbocycles. The van der Waals surface area contributed by atoms with Gasteiger partial charge in [-0.15, -0.1) is 11.3 Å². The van der Waals surface area contributed by atoms with Gasteiger partial charge in [0.15, 0.2) is 0 Å². The van der Waals surface area contributed by atoms with Crippen LogP contribution in [0.25, 0.3) is 0 Å². The Kier molecular flexibility index (Phi) is 3.11. The fourth-order valence-electron chi connectivity index (χ4n) is 2.52. The molecule has 3 heterocycles. The van der Waals surface area contributed by atoms with Gasteiger partial charge in [-0.25, -0.2) is 14.6 Å². The van der Waals surface area contributed by atoms with Gasteiger partial charge in [-0.2, -0.15) is 0 Å². The summed E-state index contributed by atoms with van der Waals surface area (Å²) in [5, 5.41) is 13.6. The summed E-state index contributed by atoms with van der Waals surface area (Å²) in [7, 11) is 0. The van der Waals surface area contributed by atoms with Gasteiger partial charge in [-0.05, 0) is 0 Å². The lowest BCUT2D eigenvalue weighted by molar-refractivity contribution is 0.0695. The Morgan fingerprint density at radius 1 is 1.58 bits per heavy atom. The van der Waals surface area contributed by atoms with Crippen LogP contribution in [-0.2, 0) is 6.54 Å². The van der Waals surface area contributed by atoms with Crippen LogP contribution in [0.2, 0.25) is 0 Å². The van der Waals surface area contributed by atoms with Crippen LogP contribution in [0.3, 0.4) is 0 Å². The number of carboxylic acid groups (broad SMARTS) is 1. The molecule has 2 aliphatic rings. The molecule has 7 nitrogen and oxygen atoms in total. The first kappa shape index (κ1) is 12.4. The fraction of sp³-hybridized carbons (Fsp3) is 0.545. The van der Waals surface area contributed by atoms with Gasteiger partial charge >= 0.3 is 12.0 Å². The highest BCUT2D eigenvalue weighted by Crippen LogP contribution is 2.17. The van der Waals surface area contributed by atoms with Gasteiger partial charge in [-0.3, -0.25) is 4.90 Å². The molecule has 2 N–H and O–H groups in total. The van der Waals surface area contributed by atoms with Crippen LogP contribution >= 0.6 is 11.3 Å². The maximum Gasteiger partial charge on any atom is 0.365 e. The molecule has 102 valence electrons. The van der Waals surface area contributed by atoms with E-state index in [2.05, 4.69) is 15.2 Å². The van der Waals surface area contributed by atoms with Crippen molar-refractivity contribution in [3.05, 3.63) is 16.1 Å². The molecular weight excluding hydrogens is 268 g/mol. The van der Waals surface area contributed by atoms with Crippen molar-refractivity contribution in [1.82, 2.24) is 20.1 Å². The molecule has 2 fully saturated rings. The summed E-state index contributed by atoms with van der Waals surface area (Å²) in [6.07, 6.45) is 0. The second-order valence-corrected chi connectivity index (χ2v) is 5.58. The van der Waals surface area contributed by atoms with E-state index in [1.54, 1.807) is 5.38 Å². The molecule has 1 aromatic heterocycles. The van der Waals surface area contributed by atoms with E-state index in [1.165, 1.54) is 0 Å². The van der Waals surface area contributed by atoms with Crippen LogP contribution in [0.5, 0.6) is 0 Å². The summed E-state index contributed by atoms with van der Waals surface area (Å²) in [4.78, 5) is 30.4. The van der Waals surface area contributed by atoms with E-state index in [0.29, 0.717) is 19.6 Å². The second kappa shape index (κ2) is 4.78. The standard InChI is InChI=1S/C11H14N4O3S/c16-10(17)9-13-7(6-19-9)4-14-1-2-15-8(5-14)3-12-11(15)18/h6,8H,1-5H2,(H,12,18)(H,16,17). The minimum atomic E-state index is -0.980. The molecule has 19 heavy (non-hydrogen) atoms. The van der Waals surface area contributed by atoms with Crippen LogP contribution < -0.4 is 5.32 Å². The van der Waals surface area contributed by atoms with Crippen molar-refractivity contribution in [3.8, 4) is 0 Å². The van der Waals surface area contributed by atoms with E-state index in [0.717, 1.165) is 30.1 Å². The van der Waals surface area contributed by atoms with Crippen LogP contribution in [0, 0.1) is 0 Å². The topological polar surface area (TPSA) is 85.8 Å². The molecular formula is C11H14N4O3S. The summed E-state index contributed by atoms with van der Waals surface area (Å²) in [6.45, 7) is 3.64. The molecule has 2 amide bonds. The number of piperazine rings is 1. The average molecular weight is 282 g/mol. The normalized spacial score (nSPS) is 23.3. The van der Waals surface area contributed by atoms with E-state index in [-0.39, 0.29) is 17.1 Å². The highest BCUT2D eigenvalue weighted by Gasteiger charge is 2.35. The van der Waals surface area contributed by atoms with E-state index < -0.39 is 5.97 Å². The molecule has 2 aliphatic heterocycles. The number of urea groups is 1. The van der Waals surface area contributed by atoms with Crippen molar-refractivity contribution in [2.75, 3.05) is 26.2 Å². The maximum absolute atomic E-state index is 11.5. The lowest BCUT2D eigenvalue weighted by Gasteiger charge is -2.35. The number of hydrogen-bond donors (Lipinski definition) is 2. The molecule has 1 atom stereocenters. The number of amides is 2. The number of carboxylic acids is 1. The monoisotopic (exact) mass is 282 g/mol. The highest BCUT2D eigenvalue weighted by molar-refractivity contribution is 7.11. The summed E-state index contributed by atoms with van der Waals surface area (Å²) in [5.41, 5.74) is 0.785. The van der Waals surface area contributed by atoms with Gasteiger partial charge in [-0.1, -0.05) is 0 Å². The van der Waals surface area contributed by atoms with Crippen molar-refractivity contribution in [1.29, 1.82) is 0 Å². The molecule has 0 radical (unpaired) electrons. The number of carbonyl (C=O) groups is 2. The van der Waals surface area contributed by atoms with Crippen LogP contribution in [0.4, 0.5) is 4.79 Å². The number of carbonyl (C=O) groups excluding carboxylic acids is 1. The molecule has 0 aromatic carbocycles. The number of aromatic carboxylic acids is 1. The number of hydrogen-bond acceptors (Lipinski definition) is 5. The van der Waals surface area contributed by atoms with Gasteiger partial charge in [0.1, 0.15) is 0 Å². The van der Waals surface area contributed by atoms with Crippen LogP contribution in [0.1, 0.15) is 15.5 Å². The predicted octanol–water partition coefficient (Wildman–Crippen LogP) is 0.0507. The van der Waals surface area contributed by atoms with E-state index in [4.69, 9.17) is 5.11 Å². The van der Waals surface area contributed by atoms with Crippen molar-refractivity contribution < 1.29 is 14.7 Å². The lowest BCUT2D eigenvalue weighted by atomic mass is 10.2. The SMILES string of the molecule is O=C(O)c1nc(CN2CCN3C(=O)NCC3C2)cs1. The molecule has 2 saturated heterocycles. The first-order valence-electron chi connectivity index (χ1n) is 6.08. The minimum Gasteiger partial charge on any atom is -0.476 e. The van der Waals surface area contributed by atoms with Crippen molar-refractivity contribution >= 4 is 23.3 Å². The molecule has 1 unspecified atom stereocenters. The molecule has 1 aromatic rings. The quantitative estimate of drug-likeness (QED) is 0.818. The summed E-state index contributed by atoms with van der Waals surface area (Å²) >= 11 is 1.15. The minimum absolute atomic E-state index is 0.0199. The highest BCUT2D eigenvalue weighted by atomic mass is 32.1. The number of nitrogens with zero attached hydrogens (tertiary/aromatic N) is 3. The zero-order valence-electron chi connectivity index (χ0n) is 10.2. The van der Waals surface area contributed by atoms with E-state index in [1.807, 2.05) is 4.90 Å². The molecule has 3 rings (SSSR count). The average Bonchev–Trinajstić information content (AvgIpc) is 2.97. The molecule has 0 bridgehead atoms. The molecule has 0 aliphatic carbocycles. The zero-order valence-corrected chi connectivity index (χ0v) is 11.0. The van der Waals surface area contributed by atoms with Gasteiger partial charge in [0.25, 0.3) is 0 Å². The van der Waals surface area contributed by atoms with Crippen molar-refractivity contribution in [3.63, 3.8) is 0 Å². The van der Waals surface area contributed by atoms with E-state index in [9.17, 15) is 9.59 Å². The zero-order chi connectivity index (χ0) is 13.4. The Morgan fingerprint density at radius 2 is 2.42 bits per heavy atom. The van der Waals surface area contributed by atoms with Crippen LogP contribution in [0.15, 0.2) is 5.38 Å². The third kappa shape index (κ3) is 2.41. The third-order valence-corrected chi connectivity index (χ3v) is 4.32. The number of aromatic nitrogens is 1. The summed E-state index contributed by atoms with van der Waals surface area (Å²) in [5.74, 6) is -0.980. The largest absolute Gasteiger partial charge is 0.476 e. The smallest absolute Gasteiger partial charge is 0.365 e. The number of rotatable bonds is 3. The number of nitrogens with one attached hydrogen (secondary N) is 1. The number of thiazole rings is 1. The Bertz CT molecular complexity index is 518. The Morgan fingerprint density at radius 3 is 3.16 bits per heavy atom. The lowest BCUT2D eigenvalue weighted by Crippen LogP contribution is -2.51. The third-order valence-electron chi connectivity index (χ3n) is 3.44. The van der Waals surface area contributed by atoms with Crippen molar-refractivity contribution in [2.24, 2.45) is 0 Å². The van der Waals surface area contributed by atoms with Crippen molar-refractivity contribution in [2.45, 2.75) is 12.6 Å². The van der Waals surface area contributed by atoms with E-state index >= 15 is 0 Å². The second-order valence-electron chi connectivity index (χ2n) is 4.72. The Labute approximate surface area is 113 Å². The Balaban J connectivity index is 1.61. The Hall–Kier alpha value is -1.67. The predicted molar refractivity (Wildman–Crippen MR) is 68.2 cm³/mol. The first-order valence-corrected chi connectivity index (χ1v) is 6.96. The molecule has 0 spiro atoms. The van der Waals surface area contributed by atoms with Gasteiger partial charge in [0, 0.05) is 38.1 Å². The maximum atomic E-state index is 11.5. The van der Waals surface area contributed by atoms with Gasteiger partial charge in [0.2, 0.25) is 5.01 Å². The summed E-state index contributed by atoms with van der Waals surface area (Å²) in [6, 6.07) is 0.241. The van der Waals surface area contributed by atoms with Gasteiger partial charge < -0.3 is 15.3 Å². The van der Waals surface area contributed by atoms with Gasteiger partial charge in [0.05, 0.1) is 11.7 Å². The molecule has 8 heteroatoms. The fourth-order valence-corrected chi connectivity index (χ4v) is 3.16. The first-order chi connectivity index (χ1) is 9.13. The number of fused-ring (bicyclic) bond motifs is 1.